The van der Waals surface area contributed by atoms with Gasteiger partial charge in [0.1, 0.15) is 6.33 Å². The van der Waals surface area contributed by atoms with Crippen LogP contribution in [0.4, 0.5) is 0 Å². The monoisotopic (exact) mass is 282 g/mol. The van der Waals surface area contributed by atoms with Crippen LogP contribution in [-0.4, -0.2) is 40.2 Å². The summed E-state index contributed by atoms with van der Waals surface area (Å²) in [6.07, 6.45) is 1.57. The number of aromatic nitrogens is 3. The van der Waals surface area contributed by atoms with Gasteiger partial charge in [-0.1, -0.05) is 20.8 Å². The van der Waals surface area contributed by atoms with Gasteiger partial charge in [0, 0.05) is 19.1 Å². The van der Waals surface area contributed by atoms with Crippen molar-refractivity contribution in [1.29, 1.82) is 0 Å². The first-order valence-corrected chi connectivity index (χ1v) is 6.49. The van der Waals surface area contributed by atoms with Crippen molar-refractivity contribution in [3.05, 3.63) is 12.2 Å². The second-order valence-corrected chi connectivity index (χ2v) is 5.65. The van der Waals surface area contributed by atoms with E-state index in [0.717, 1.165) is 0 Å². The predicted molar refractivity (Wildman–Crippen MR) is 72.9 cm³/mol. The molecule has 112 valence electrons. The molecular formula is C13H22N4O3. The average Bonchev–Trinajstić information content (AvgIpc) is 2.82. The number of ketones is 1. The van der Waals surface area contributed by atoms with Crippen LogP contribution in [0.3, 0.4) is 0 Å². The van der Waals surface area contributed by atoms with Gasteiger partial charge in [0.15, 0.2) is 5.82 Å². The summed E-state index contributed by atoms with van der Waals surface area (Å²) in [6.45, 7) is 8.00. The summed E-state index contributed by atoms with van der Waals surface area (Å²) in [7, 11) is 1.61. The highest BCUT2D eigenvalue weighted by Gasteiger charge is 2.29. The molecule has 1 atom stereocenters. The summed E-state index contributed by atoms with van der Waals surface area (Å²) in [5.74, 6) is -0.462. The molecule has 1 N–H and O–H groups in total. The van der Waals surface area contributed by atoms with Crippen molar-refractivity contribution in [2.75, 3.05) is 13.7 Å². The van der Waals surface area contributed by atoms with Crippen molar-refractivity contribution in [3.63, 3.8) is 0 Å². The molecule has 1 aromatic heterocycles. The minimum atomic E-state index is -0.701. The second-order valence-electron chi connectivity index (χ2n) is 5.65. The molecule has 0 radical (unpaired) electrons. The molecule has 0 aromatic carbocycles. The van der Waals surface area contributed by atoms with Crippen molar-refractivity contribution >= 4 is 11.7 Å². The van der Waals surface area contributed by atoms with Gasteiger partial charge in [-0.15, -0.1) is 10.2 Å². The van der Waals surface area contributed by atoms with Crippen LogP contribution < -0.4 is 5.32 Å². The molecule has 1 heterocycles. The number of carbonyl (C=O) groups is 2. The van der Waals surface area contributed by atoms with Crippen LogP contribution in [0.25, 0.3) is 0 Å². The quantitative estimate of drug-likeness (QED) is 0.777. The normalized spacial score (nSPS) is 13.1. The first-order chi connectivity index (χ1) is 9.27. The van der Waals surface area contributed by atoms with Crippen molar-refractivity contribution in [1.82, 2.24) is 20.1 Å². The zero-order chi connectivity index (χ0) is 15.3. The Morgan fingerprint density at radius 1 is 1.45 bits per heavy atom. The summed E-state index contributed by atoms with van der Waals surface area (Å²) in [4.78, 5) is 23.7. The third-order valence-corrected chi connectivity index (χ3v) is 2.80. The van der Waals surface area contributed by atoms with Gasteiger partial charge in [-0.05, 0) is 6.92 Å². The van der Waals surface area contributed by atoms with Gasteiger partial charge < -0.3 is 14.6 Å². The number of nitrogens with zero attached hydrogens (tertiary/aromatic N) is 3. The van der Waals surface area contributed by atoms with Crippen molar-refractivity contribution in [2.24, 2.45) is 5.41 Å². The Morgan fingerprint density at radius 3 is 2.65 bits per heavy atom. The lowest BCUT2D eigenvalue weighted by Gasteiger charge is -2.19. The molecule has 7 heteroatoms. The van der Waals surface area contributed by atoms with E-state index in [-0.39, 0.29) is 0 Å². The molecule has 7 nitrogen and oxygen atoms in total. The first-order valence-electron chi connectivity index (χ1n) is 6.49. The summed E-state index contributed by atoms with van der Waals surface area (Å²) in [5, 5.41) is 10.4. The Kier molecular flexibility index (Phi) is 5.38. The number of rotatable bonds is 6. The SMILES string of the molecule is COCCn1cnnc1C(C)NC(=O)C(=O)C(C)(C)C. The van der Waals surface area contributed by atoms with Gasteiger partial charge in [0.2, 0.25) is 5.78 Å². The van der Waals surface area contributed by atoms with E-state index in [9.17, 15) is 9.59 Å². The van der Waals surface area contributed by atoms with Gasteiger partial charge in [-0.3, -0.25) is 9.59 Å². The fourth-order valence-electron chi connectivity index (χ4n) is 1.63. The van der Waals surface area contributed by atoms with Crippen LogP contribution in [0.2, 0.25) is 0 Å². The van der Waals surface area contributed by atoms with Crippen LogP contribution >= 0.6 is 0 Å². The van der Waals surface area contributed by atoms with E-state index in [0.29, 0.717) is 19.0 Å². The molecular weight excluding hydrogens is 260 g/mol. The number of ether oxygens (including phenoxy) is 1. The van der Waals surface area contributed by atoms with Crippen LogP contribution in [0.15, 0.2) is 6.33 Å². The van der Waals surface area contributed by atoms with Crippen LogP contribution in [0, 0.1) is 5.41 Å². The minimum Gasteiger partial charge on any atom is -0.383 e. The highest BCUT2D eigenvalue weighted by atomic mass is 16.5. The van der Waals surface area contributed by atoms with Crippen molar-refractivity contribution < 1.29 is 14.3 Å². The van der Waals surface area contributed by atoms with Gasteiger partial charge in [0.05, 0.1) is 12.6 Å². The number of hydrogen-bond acceptors (Lipinski definition) is 5. The van der Waals surface area contributed by atoms with E-state index in [1.165, 1.54) is 0 Å². The summed E-state index contributed by atoms with van der Waals surface area (Å²) in [6, 6.07) is -0.395. The highest BCUT2D eigenvalue weighted by Crippen LogP contribution is 2.16. The van der Waals surface area contributed by atoms with Crippen molar-refractivity contribution in [2.45, 2.75) is 40.3 Å². The molecule has 1 unspecified atom stereocenters. The van der Waals surface area contributed by atoms with Crippen LogP contribution in [0.1, 0.15) is 39.6 Å². The molecule has 0 spiro atoms. The topological polar surface area (TPSA) is 86.1 Å². The largest absolute Gasteiger partial charge is 0.383 e. The van der Waals surface area contributed by atoms with E-state index in [1.54, 1.807) is 45.7 Å². The number of hydrogen-bond donors (Lipinski definition) is 1. The highest BCUT2D eigenvalue weighted by molar-refractivity contribution is 6.37. The molecule has 0 bridgehead atoms. The van der Waals surface area contributed by atoms with Gasteiger partial charge in [0.25, 0.3) is 5.91 Å². The summed E-state index contributed by atoms with van der Waals surface area (Å²) < 4.78 is 6.78. The third-order valence-electron chi connectivity index (χ3n) is 2.80. The van der Waals surface area contributed by atoms with E-state index < -0.39 is 23.1 Å². The minimum absolute atomic E-state index is 0.395. The number of Topliss-reactive ketones (excluding diaryl/α,β-unsaturated/α-hetero) is 1. The van der Waals surface area contributed by atoms with Gasteiger partial charge in [-0.2, -0.15) is 0 Å². The Labute approximate surface area is 118 Å². The van der Waals surface area contributed by atoms with E-state index in [4.69, 9.17) is 4.74 Å². The van der Waals surface area contributed by atoms with E-state index in [1.807, 2.05) is 0 Å². The number of nitrogens with one attached hydrogen (secondary N) is 1. The Bertz CT molecular complexity index is 476. The molecule has 0 saturated heterocycles. The summed E-state index contributed by atoms with van der Waals surface area (Å²) >= 11 is 0. The standard InChI is InChI=1S/C13H22N4O3/c1-9(15-12(19)10(18)13(2,3)4)11-16-14-8-17(11)6-7-20-5/h8-9H,6-7H2,1-5H3,(H,15,19). The molecule has 0 aliphatic heterocycles. The Balaban J connectivity index is 2.72. The Morgan fingerprint density at radius 2 is 2.10 bits per heavy atom. The maximum atomic E-state index is 11.9. The lowest BCUT2D eigenvalue weighted by Crippen LogP contribution is -2.40. The summed E-state index contributed by atoms with van der Waals surface area (Å²) in [5.41, 5.74) is -0.701. The van der Waals surface area contributed by atoms with Crippen molar-refractivity contribution in [3.8, 4) is 0 Å². The number of carbonyl (C=O) groups excluding carboxylic acids is 2. The maximum Gasteiger partial charge on any atom is 0.288 e. The molecule has 1 amide bonds. The molecule has 20 heavy (non-hydrogen) atoms. The molecule has 0 saturated carbocycles. The molecule has 1 aromatic rings. The fraction of sp³-hybridized carbons (Fsp3) is 0.692. The third kappa shape index (κ3) is 4.12. The fourth-order valence-corrected chi connectivity index (χ4v) is 1.63. The predicted octanol–water partition coefficient (Wildman–Crippen LogP) is 0.717. The lowest BCUT2D eigenvalue weighted by molar-refractivity contribution is -0.142. The van der Waals surface area contributed by atoms with Crippen LogP contribution in [0.5, 0.6) is 0 Å². The van der Waals surface area contributed by atoms with Gasteiger partial charge >= 0.3 is 0 Å². The Hall–Kier alpha value is -1.76. The number of methoxy groups -OCH3 is 1. The maximum absolute atomic E-state index is 11.9. The second kappa shape index (κ2) is 6.60. The molecule has 0 aliphatic carbocycles. The first kappa shape index (κ1) is 16.3. The molecule has 0 aliphatic rings. The van der Waals surface area contributed by atoms with Gasteiger partial charge in [-0.25, -0.2) is 0 Å². The molecule has 1 rings (SSSR count). The lowest BCUT2D eigenvalue weighted by atomic mass is 9.90. The average molecular weight is 282 g/mol. The van der Waals surface area contributed by atoms with E-state index >= 15 is 0 Å². The zero-order valence-corrected chi connectivity index (χ0v) is 12.6. The molecule has 0 fully saturated rings. The van der Waals surface area contributed by atoms with Crippen LogP contribution in [-0.2, 0) is 20.9 Å². The number of amides is 1. The zero-order valence-electron chi connectivity index (χ0n) is 12.6. The van der Waals surface area contributed by atoms with E-state index in [2.05, 4.69) is 15.5 Å². The smallest absolute Gasteiger partial charge is 0.288 e.